The Morgan fingerprint density at radius 2 is 1.76 bits per heavy atom. The van der Waals surface area contributed by atoms with Crippen LogP contribution in [0, 0.1) is 0 Å². The molecule has 9 heteroatoms. The molecule has 8 nitrogen and oxygen atoms in total. The number of ether oxygens (including phenoxy) is 3. The number of benzene rings is 2. The van der Waals surface area contributed by atoms with Gasteiger partial charge in [0.05, 0.1) is 24.8 Å². The van der Waals surface area contributed by atoms with Crippen molar-refractivity contribution in [3.05, 3.63) is 48.5 Å². The first-order chi connectivity index (χ1) is 13.9. The lowest BCUT2D eigenvalue weighted by Gasteiger charge is -2.26. The molecule has 0 fully saturated rings. The van der Waals surface area contributed by atoms with Crippen LogP contribution in [0.2, 0.25) is 0 Å². The van der Waals surface area contributed by atoms with Gasteiger partial charge in [0.1, 0.15) is 18.0 Å². The fraction of sp³-hybridized carbons (Fsp3) is 0.350. The summed E-state index contributed by atoms with van der Waals surface area (Å²) >= 11 is 0. The molecule has 2 aromatic rings. The maximum absolute atomic E-state index is 13.3. The first-order valence-electron chi connectivity index (χ1n) is 8.99. The van der Waals surface area contributed by atoms with Gasteiger partial charge >= 0.3 is 0 Å². The van der Waals surface area contributed by atoms with Crippen LogP contribution < -0.4 is 19.1 Å². The molecule has 0 atom stereocenters. The van der Waals surface area contributed by atoms with Gasteiger partial charge in [-0.05, 0) is 30.7 Å². The minimum Gasteiger partial charge on any atom is -0.497 e. The van der Waals surface area contributed by atoms with Crippen LogP contribution in [0.1, 0.15) is 6.42 Å². The largest absolute Gasteiger partial charge is 0.497 e. The summed E-state index contributed by atoms with van der Waals surface area (Å²) in [5, 5.41) is 2.71. The summed E-state index contributed by atoms with van der Waals surface area (Å²) in [7, 11) is 0.493. The molecule has 1 amide bonds. The van der Waals surface area contributed by atoms with E-state index in [2.05, 4.69) is 5.32 Å². The van der Waals surface area contributed by atoms with Gasteiger partial charge in [0.25, 0.3) is 10.0 Å². The number of nitrogens with zero attached hydrogens (tertiary/aromatic N) is 1. The molecule has 1 N–H and O–H groups in total. The number of hydrogen-bond donors (Lipinski definition) is 1. The van der Waals surface area contributed by atoms with Crippen molar-refractivity contribution in [3.63, 3.8) is 0 Å². The van der Waals surface area contributed by atoms with Gasteiger partial charge in [-0.3, -0.25) is 9.10 Å². The molecule has 0 radical (unpaired) electrons. The summed E-state index contributed by atoms with van der Waals surface area (Å²) in [5.74, 6) is 0.348. The topological polar surface area (TPSA) is 94.2 Å². The number of hydrogen-bond acceptors (Lipinski definition) is 6. The predicted octanol–water partition coefficient (Wildman–Crippen LogP) is 2.05. The first kappa shape index (κ1) is 22.5. The van der Waals surface area contributed by atoms with Gasteiger partial charge in [0.15, 0.2) is 0 Å². The second-order valence-electron chi connectivity index (χ2n) is 6.06. The molecule has 0 saturated carbocycles. The van der Waals surface area contributed by atoms with E-state index in [9.17, 15) is 13.2 Å². The molecule has 2 rings (SSSR count). The Morgan fingerprint density at radius 3 is 2.38 bits per heavy atom. The number of rotatable bonds is 11. The maximum Gasteiger partial charge on any atom is 0.264 e. The SMILES string of the molecule is COCCCNC(=O)CN(c1ccc(OC)cc1OC)S(=O)(=O)c1ccccc1. The molecule has 0 aromatic heterocycles. The number of carbonyl (C=O) groups excluding carboxylic acids is 1. The number of nitrogens with one attached hydrogen (secondary N) is 1. The van der Waals surface area contributed by atoms with Crippen LogP contribution in [0.25, 0.3) is 0 Å². The Balaban J connectivity index is 2.40. The van der Waals surface area contributed by atoms with Crippen LogP contribution in [0.5, 0.6) is 11.5 Å². The first-order valence-corrected chi connectivity index (χ1v) is 10.4. The number of sulfonamides is 1. The van der Waals surface area contributed by atoms with E-state index in [4.69, 9.17) is 14.2 Å². The molecular formula is C20H26N2O6S. The Bertz CT molecular complexity index is 902. The molecular weight excluding hydrogens is 396 g/mol. The lowest BCUT2D eigenvalue weighted by molar-refractivity contribution is -0.119. The third-order valence-electron chi connectivity index (χ3n) is 4.12. The molecule has 0 spiro atoms. The Kier molecular flexibility index (Phi) is 8.29. The zero-order valence-corrected chi connectivity index (χ0v) is 17.6. The second kappa shape index (κ2) is 10.7. The normalized spacial score (nSPS) is 11.0. The fourth-order valence-corrected chi connectivity index (χ4v) is 4.09. The highest BCUT2D eigenvalue weighted by molar-refractivity contribution is 7.92. The number of anilines is 1. The van der Waals surface area contributed by atoms with Crippen molar-refractivity contribution in [1.29, 1.82) is 0 Å². The summed E-state index contributed by atoms with van der Waals surface area (Å²) in [6.07, 6.45) is 0.625. The van der Waals surface area contributed by atoms with Crippen molar-refractivity contribution in [2.45, 2.75) is 11.3 Å². The van der Waals surface area contributed by atoms with E-state index >= 15 is 0 Å². The van der Waals surface area contributed by atoms with E-state index in [1.54, 1.807) is 43.5 Å². The Labute approximate surface area is 171 Å². The minimum atomic E-state index is -4.01. The van der Waals surface area contributed by atoms with Crippen LogP contribution in [0.4, 0.5) is 5.69 Å². The van der Waals surface area contributed by atoms with E-state index in [-0.39, 0.29) is 16.3 Å². The highest BCUT2D eigenvalue weighted by Gasteiger charge is 2.29. The van der Waals surface area contributed by atoms with Crippen molar-refractivity contribution < 1.29 is 27.4 Å². The highest BCUT2D eigenvalue weighted by Crippen LogP contribution is 2.35. The van der Waals surface area contributed by atoms with Gasteiger partial charge in [0, 0.05) is 26.3 Å². The van der Waals surface area contributed by atoms with E-state index in [1.807, 2.05) is 0 Å². The van der Waals surface area contributed by atoms with Crippen molar-refractivity contribution in [2.24, 2.45) is 0 Å². The highest BCUT2D eigenvalue weighted by atomic mass is 32.2. The number of carbonyl (C=O) groups is 1. The van der Waals surface area contributed by atoms with Gasteiger partial charge in [0.2, 0.25) is 5.91 Å². The zero-order chi connectivity index (χ0) is 21.3. The number of amides is 1. The summed E-state index contributed by atoms with van der Waals surface area (Å²) < 4.78 is 43.1. The molecule has 0 bridgehead atoms. The van der Waals surface area contributed by atoms with Crippen molar-refractivity contribution in [1.82, 2.24) is 5.32 Å². The van der Waals surface area contributed by atoms with Crippen LogP contribution in [0.15, 0.2) is 53.4 Å². The Morgan fingerprint density at radius 1 is 1.03 bits per heavy atom. The van der Waals surface area contributed by atoms with Gasteiger partial charge in [-0.2, -0.15) is 0 Å². The predicted molar refractivity (Wildman–Crippen MR) is 110 cm³/mol. The van der Waals surface area contributed by atoms with Gasteiger partial charge < -0.3 is 19.5 Å². The molecule has 2 aromatic carbocycles. The maximum atomic E-state index is 13.3. The molecule has 0 aliphatic carbocycles. The average Bonchev–Trinajstić information content (AvgIpc) is 2.75. The lowest BCUT2D eigenvalue weighted by atomic mass is 10.2. The van der Waals surface area contributed by atoms with Crippen molar-refractivity contribution in [2.75, 3.05) is 45.3 Å². The van der Waals surface area contributed by atoms with Gasteiger partial charge in [-0.25, -0.2) is 8.42 Å². The van der Waals surface area contributed by atoms with E-state index in [0.29, 0.717) is 25.3 Å². The molecule has 0 heterocycles. The standard InChI is InChI=1S/C20H26N2O6S/c1-26-13-7-12-21-20(23)15-22(29(24,25)17-8-5-4-6-9-17)18-11-10-16(27-2)14-19(18)28-3/h4-6,8-11,14H,7,12-13,15H2,1-3H3,(H,21,23). The van der Waals surface area contributed by atoms with Crippen molar-refractivity contribution in [3.8, 4) is 11.5 Å². The summed E-state index contributed by atoms with van der Waals surface area (Å²) in [4.78, 5) is 12.5. The third-order valence-corrected chi connectivity index (χ3v) is 5.90. The van der Waals surface area contributed by atoms with Crippen LogP contribution in [0.3, 0.4) is 0 Å². The summed E-state index contributed by atoms with van der Waals surface area (Å²) in [5.41, 5.74) is 0.240. The van der Waals surface area contributed by atoms with Crippen molar-refractivity contribution >= 4 is 21.6 Å². The van der Waals surface area contributed by atoms with Crippen LogP contribution >= 0.6 is 0 Å². The molecule has 158 valence electrons. The fourth-order valence-electron chi connectivity index (χ4n) is 2.64. The molecule has 0 aliphatic heterocycles. The monoisotopic (exact) mass is 422 g/mol. The zero-order valence-electron chi connectivity index (χ0n) is 16.8. The third kappa shape index (κ3) is 5.85. The second-order valence-corrected chi connectivity index (χ2v) is 7.92. The Hall–Kier alpha value is -2.78. The molecule has 0 saturated heterocycles. The van der Waals surface area contributed by atoms with E-state index in [1.165, 1.54) is 26.4 Å². The molecule has 0 unspecified atom stereocenters. The van der Waals surface area contributed by atoms with Gasteiger partial charge in [-0.15, -0.1) is 0 Å². The van der Waals surface area contributed by atoms with Crippen LogP contribution in [-0.4, -0.2) is 55.4 Å². The smallest absolute Gasteiger partial charge is 0.264 e. The van der Waals surface area contributed by atoms with Crippen LogP contribution in [-0.2, 0) is 19.6 Å². The average molecular weight is 423 g/mol. The molecule has 29 heavy (non-hydrogen) atoms. The van der Waals surface area contributed by atoms with E-state index in [0.717, 1.165) is 4.31 Å². The summed E-state index contributed by atoms with van der Waals surface area (Å²) in [6.45, 7) is 0.483. The quantitative estimate of drug-likeness (QED) is 0.557. The minimum absolute atomic E-state index is 0.0741. The summed E-state index contributed by atoms with van der Waals surface area (Å²) in [6, 6.07) is 12.7. The van der Waals surface area contributed by atoms with Gasteiger partial charge in [-0.1, -0.05) is 18.2 Å². The van der Waals surface area contributed by atoms with E-state index < -0.39 is 22.5 Å². The number of methoxy groups -OCH3 is 3. The lowest BCUT2D eigenvalue weighted by Crippen LogP contribution is -2.41. The molecule has 0 aliphatic rings.